The molecule has 2 heterocycles. The number of aryl methyl sites for hydroxylation is 1. The van der Waals surface area contributed by atoms with E-state index < -0.39 is 5.97 Å². The number of carbonyl (C=O) groups is 1. The number of nitrogens with one attached hydrogen (secondary N) is 1. The van der Waals surface area contributed by atoms with Crippen LogP contribution in [0.25, 0.3) is 22.2 Å². The Morgan fingerprint density at radius 2 is 2.16 bits per heavy atom. The first kappa shape index (κ1) is 17.2. The average molecular weight is 357 g/mol. The smallest absolute Gasteiger partial charge is 0.345 e. The summed E-state index contributed by atoms with van der Waals surface area (Å²) >= 11 is 5.46. The van der Waals surface area contributed by atoms with Crippen molar-refractivity contribution in [2.24, 2.45) is 7.05 Å². The first-order valence-electron chi connectivity index (χ1n) is 8.05. The van der Waals surface area contributed by atoms with Crippen LogP contribution in [-0.4, -0.2) is 32.4 Å². The Kier molecular flexibility index (Phi) is 4.59. The third-order valence-electron chi connectivity index (χ3n) is 4.15. The highest BCUT2D eigenvalue weighted by molar-refractivity contribution is 7.71. The van der Waals surface area contributed by atoms with Gasteiger partial charge >= 0.3 is 5.97 Å². The van der Waals surface area contributed by atoms with Crippen LogP contribution in [-0.2, 0) is 18.2 Å². The van der Waals surface area contributed by atoms with Crippen LogP contribution in [0.15, 0.2) is 24.4 Å². The summed E-state index contributed by atoms with van der Waals surface area (Å²) in [5, 5.41) is 15.6. The molecule has 0 atom stereocenters. The van der Waals surface area contributed by atoms with Gasteiger partial charge in [0.2, 0.25) is 5.88 Å². The molecular formula is C18H19N3O3S. The van der Waals surface area contributed by atoms with Gasteiger partial charge in [-0.05, 0) is 36.6 Å². The van der Waals surface area contributed by atoms with Crippen molar-refractivity contribution in [2.45, 2.75) is 20.3 Å². The second-order valence-corrected chi connectivity index (χ2v) is 6.06. The van der Waals surface area contributed by atoms with Crippen molar-refractivity contribution in [2.75, 3.05) is 6.61 Å². The zero-order valence-corrected chi connectivity index (χ0v) is 15.1. The van der Waals surface area contributed by atoms with Crippen LogP contribution < -0.4 is 0 Å². The Morgan fingerprint density at radius 3 is 2.84 bits per heavy atom. The lowest BCUT2D eigenvalue weighted by Crippen LogP contribution is -2.09. The third kappa shape index (κ3) is 2.91. The van der Waals surface area contributed by atoms with Crippen molar-refractivity contribution in [1.29, 1.82) is 0 Å². The van der Waals surface area contributed by atoms with Crippen LogP contribution in [0.2, 0.25) is 0 Å². The van der Waals surface area contributed by atoms with E-state index in [2.05, 4.69) is 10.1 Å². The Labute approximate surface area is 150 Å². The standard InChI is InChI=1S/C18H19N3O3S/c1-4-12-15(10-6-7-13-11(8-10)9-19-21(13)3)20-17(22)14(16(12)25)18(23)24-5-2/h6-9H,4-5H2,1-3H3,(H2,20,22,25). The fourth-order valence-corrected chi connectivity index (χ4v) is 3.35. The number of nitrogens with zero attached hydrogens (tertiary/aromatic N) is 2. The van der Waals surface area contributed by atoms with E-state index in [1.165, 1.54) is 0 Å². The number of pyridine rings is 1. The summed E-state index contributed by atoms with van der Waals surface area (Å²) in [4.78, 5) is 15.0. The molecule has 0 aliphatic carbocycles. The maximum absolute atomic E-state index is 12.1. The fraction of sp³-hybridized carbons (Fsp3) is 0.278. The summed E-state index contributed by atoms with van der Waals surface area (Å²) in [6.07, 6.45) is 2.40. The van der Waals surface area contributed by atoms with Crippen molar-refractivity contribution in [1.82, 2.24) is 14.8 Å². The molecule has 7 heteroatoms. The largest absolute Gasteiger partial charge is 0.494 e. The number of aromatic hydroxyl groups is 1. The maximum Gasteiger partial charge on any atom is 0.345 e. The quantitative estimate of drug-likeness (QED) is 0.549. The highest BCUT2D eigenvalue weighted by Gasteiger charge is 2.21. The van der Waals surface area contributed by atoms with E-state index in [4.69, 9.17) is 17.0 Å². The van der Waals surface area contributed by atoms with Gasteiger partial charge in [-0.1, -0.05) is 25.2 Å². The topological polar surface area (TPSA) is 80.1 Å². The molecular weight excluding hydrogens is 338 g/mol. The number of aromatic nitrogens is 3. The normalized spacial score (nSPS) is 11.0. The van der Waals surface area contributed by atoms with Gasteiger partial charge in [0.15, 0.2) is 0 Å². The summed E-state index contributed by atoms with van der Waals surface area (Å²) in [5.41, 5.74) is 3.38. The predicted molar refractivity (Wildman–Crippen MR) is 98.3 cm³/mol. The number of H-pyrrole nitrogens is 1. The van der Waals surface area contributed by atoms with Gasteiger partial charge in [0.1, 0.15) is 5.56 Å². The molecule has 25 heavy (non-hydrogen) atoms. The highest BCUT2D eigenvalue weighted by atomic mass is 32.1. The molecule has 0 fully saturated rings. The molecule has 3 aromatic rings. The minimum absolute atomic E-state index is 0.0138. The molecule has 1 aromatic carbocycles. The molecule has 0 spiro atoms. The van der Waals surface area contributed by atoms with Crippen molar-refractivity contribution in [3.05, 3.63) is 40.0 Å². The summed E-state index contributed by atoms with van der Waals surface area (Å²) in [6.45, 7) is 3.88. The molecule has 0 radical (unpaired) electrons. The zero-order chi connectivity index (χ0) is 18.1. The number of benzene rings is 1. The molecule has 0 amide bonds. The van der Waals surface area contributed by atoms with E-state index in [1.807, 2.05) is 32.2 Å². The van der Waals surface area contributed by atoms with Crippen molar-refractivity contribution in [3.8, 4) is 17.1 Å². The molecule has 3 rings (SSSR count). The number of hydrogen-bond donors (Lipinski definition) is 2. The van der Waals surface area contributed by atoms with Crippen LogP contribution in [0.5, 0.6) is 5.88 Å². The van der Waals surface area contributed by atoms with E-state index in [0.29, 0.717) is 16.6 Å². The lowest BCUT2D eigenvalue weighted by Gasteiger charge is -2.13. The molecule has 0 saturated carbocycles. The third-order valence-corrected chi connectivity index (χ3v) is 4.60. The number of aromatic amines is 1. The zero-order valence-electron chi connectivity index (χ0n) is 14.3. The lowest BCUT2D eigenvalue weighted by atomic mass is 10.0. The number of ether oxygens (including phenoxy) is 1. The maximum atomic E-state index is 12.1. The van der Waals surface area contributed by atoms with Crippen LogP contribution in [0.3, 0.4) is 0 Å². The van der Waals surface area contributed by atoms with E-state index >= 15 is 0 Å². The van der Waals surface area contributed by atoms with Gasteiger partial charge in [-0.25, -0.2) is 4.79 Å². The number of fused-ring (bicyclic) bond motifs is 1. The summed E-state index contributed by atoms with van der Waals surface area (Å²) in [5.74, 6) is -0.896. The van der Waals surface area contributed by atoms with Crippen LogP contribution in [0.4, 0.5) is 0 Å². The minimum atomic E-state index is -0.620. The number of esters is 1. The summed E-state index contributed by atoms with van der Waals surface area (Å²) in [7, 11) is 1.88. The molecule has 0 aliphatic heterocycles. The van der Waals surface area contributed by atoms with Crippen molar-refractivity contribution >= 4 is 29.1 Å². The van der Waals surface area contributed by atoms with Gasteiger partial charge in [0.05, 0.1) is 28.5 Å². The molecule has 0 saturated heterocycles. The predicted octanol–water partition coefficient (Wildman–Crippen LogP) is 3.74. The van der Waals surface area contributed by atoms with Crippen molar-refractivity contribution < 1.29 is 14.6 Å². The van der Waals surface area contributed by atoms with Gasteiger partial charge in [-0.2, -0.15) is 5.10 Å². The van der Waals surface area contributed by atoms with Gasteiger partial charge in [0, 0.05) is 12.4 Å². The summed E-state index contributed by atoms with van der Waals surface area (Å²) in [6, 6.07) is 5.88. The molecule has 2 aromatic heterocycles. The fourth-order valence-electron chi connectivity index (χ4n) is 2.92. The lowest BCUT2D eigenvalue weighted by molar-refractivity contribution is 0.0521. The molecule has 0 aliphatic rings. The van der Waals surface area contributed by atoms with Crippen LogP contribution in [0, 0.1) is 4.51 Å². The molecule has 0 unspecified atom stereocenters. The number of hydrogen-bond acceptors (Lipinski definition) is 5. The summed E-state index contributed by atoms with van der Waals surface area (Å²) < 4.78 is 7.11. The van der Waals surface area contributed by atoms with Gasteiger partial charge in [-0.3, -0.25) is 4.68 Å². The Balaban J connectivity index is 2.21. The minimum Gasteiger partial charge on any atom is -0.494 e. The van der Waals surface area contributed by atoms with E-state index in [1.54, 1.807) is 17.8 Å². The van der Waals surface area contributed by atoms with Crippen LogP contribution in [0.1, 0.15) is 29.8 Å². The van der Waals surface area contributed by atoms with Crippen LogP contribution >= 0.6 is 12.2 Å². The highest BCUT2D eigenvalue weighted by Crippen LogP contribution is 2.31. The van der Waals surface area contributed by atoms with Gasteiger partial charge < -0.3 is 14.8 Å². The van der Waals surface area contributed by atoms with E-state index in [9.17, 15) is 9.90 Å². The monoisotopic (exact) mass is 357 g/mol. The second-order valence-electron chi connectivity index (χ2n) is 5.65. The van der Waals surface area contributed by atoms with E-state index in [-0.39, 0.29) is 18.1 Å². The molecule has 2 N–H and O–H groups in total. The Bertz CT molecular complexity index is 1020. The molecule has 0 bridgehead atoms. The van der Waals surface area contributed by atoms with Gasteiger partial charge in [-0.15, -0.1) is 0 Å². The molecule has 130 valence electrons. The first-order chi connectivity index (χ1) is 12.0. The number of carbonyl (C=O) groups excluding carboxylic acids is 1. The average Bonchev–Trinajstić information content (AvgIpc) is 2.95. The van der Waals surface area contributed by atoms with E-state index in [0.717, 1.165) is 22.0 Å². The van der Waals surface area contributed by atoms with Crippen molar-refractivity contribution in [3.63, 3.8) is 0 Å². The van der Waals surface area contributed by atoms with Gasteiger partial charge in [0.25, 0.3) is 0 Å². The molecule has 6 nitrogen and oxygen atoms in total. The Hall–Kier alpha value is -2.67. The first-order valence-corrected chi connectivity index (χ1v) is 8.46. The second kappa shape index (κ2) is 6.68. The Morgan fingerprint density at radius 1 is 1.40 bits per heavy atom. The number of rotatable bonds is 4. The SMILES string of the molecule is CCOC(=O)c1c(O)[nH]c(-c2ccc3c(cnn3C)c2)c(CC)c1=S.